The molecule has 3 aromatic rings. The van der Waals surface area contributed by atoms with Crippen LogP contribution in [0.15, 0.2) is 65.6 Å². The van der Waals surface area contributed by atoms with Crippen LogP contribution in [0.5, 0.6) is 0 Å². The van der Waals surface area contributed by atoms with Gasteiger partial charge >= 0.3 is 6.18 Å². The summed E-state index contributed by atoms with van der Waals surface area (Å²) in [5.41, 5.74) is 2.17. The van der Waals surface area contributed by atoms with Crippen molar-refractivity contribution >= 4 is 33.2 Å². The molecule has 3 rings (SSSR count). The van der Waals surface area contributed by atoms with E-state index in [1.165, 1.54) is 12.1 Å². The molecule has 0 heterocycles. The van der Waals surface area contributed by atoms with Gasteiger partial charge in [0.25, 0.3) is 10.0 Å². The first-order chi connectivity index (χ1) is 17.2. The highest BCUT2D eigenvalue weighted by Crippen LogP contribution is 2.38. The number of amides is 1. The van der Waals surface area contributed by atoms with E-state index in [1.807, 2.05) is 39.0 Å². The second kappa shape index (κ2) is 11.1. The summed E-state index contributed by atoms with van der Waals surface area (Å²) < 4.78 is 68.5. The molecule has 1 amide bonds. The van der Waals surface area contributed by atoms with Gasteiger partial charge < -0.3 is 5.32 Å². The van der Waals surface area contributed by atoms with Crippen molar-refractivity contribution in [1.29, 1.82) is 0 Å². The Hall–Kier alpha value is -3.04. The SMILES string of the molecule is CCC(NC(=O)CN(c1ccc(Cl)c(C(F)(F)F)c1)S(=O)(=O)c1ccc(C)cc1)c1ccc(C)cc1C. The molecule has 37 heavy (non-hydrogen) atoms. The molecule has 0 aliphatic rings. The average Bonchev–Trinajstić information content (AvgIpc) is 2.81. The number of rotatable bonds is 8. The van der Waals surface area contributed by atoms with E-state index < -0.39 is 45.3 Å². The van der Waals surface area contributed by atoms with Crippen LogP contribution >= 0.6 is 11.6 Å². The molecule has 0 fully saturated rings. The van der Waals surface area contributed by atoms with E-state index in [0.717, 1.165) is 34.4 Å². The van der Waals surface area contributed by atoms with Crippen molar-refractivity contribution in [3.8, 4) is 0 Å². The second-order valence-electron chi connectivity index (χ2n) is 8.88. The van der Waals surface area contributed by atoms with Crippen LogP contribution in [0, 0.1) is 20.8 Å². The zero-order chi connectivity index (χ0) is 27.5. The summed E-state index contributed by atoms with van der Waals surface area (Å²) in [5, 5.41) is 2.26. The Bertz CT molecular complexity index is 1390. The number of benzene rings is 3. The van der Waals surface area contributed by atoms with Gasteiger partial charge in [0.05, 0.1) is 27.2 Å². The molecule has 1 atom stereocenters. The Morgan fingerprint density at radius 1 is 0.973 bits per heavy atom. The predicted molar refractivity (Wildman–Crippen MR) is 139 cm³/mol. The van der Waals surface area contributed by atoms with E-state index in [-0.39, 0.29) is 10.6 Å². The number of aryl methyl sites for hydroxylation is 3. The van der Waals surface area contributed by atoms with Crippen molar-refractivity contribution in [2.45, 2.75) is 51.2 Å². The summed E-state index contributed by atoms with van der Waals surface area (Å²) in [7, 11) is -4.40. The summed E-state index contributed by atoms with van der Waals surface area (Å²) in [6, 6.07) is 14.0. The number of halogens is 4. The van der Waals surface area contributed by atoms with Gasteiger partial charge in [0.15, 0.2) is 0 Å². The lowest BCUT2D eigenvalue weighted by atomic mass is 9.97. The fraction of sp³-hybridized carbons (Fsp3) is 0.296. The maximum atomic E-state index is 13.6. The third kappa shape index (κ3) is 6.64. The molecule has 0 aliphatic heterocycles. The minimum absolute atomic E-state index is 0.157. The van der Waals surface area contributed by atoms with Crippen molar-refractivity contribution in [3.63, 3.8) is 0 Å². The van der Waals surface area contributed by atoms with E-state index in [9.17, 15) is 26.4 Å². The molecule has 0 aromatic heterocycles. The van der Waals surface area contributed by atoms with Crippen LogP contribution in [-0.4, -0.2) is 20.9 Å². The van der Waals surface area contributed by atoms with Gasteiger partial charge in [-0.2, -0.15) is 13.2 Å². The minimum atomic E-state index is -4.81. The van der Waals surface area contributed by atoms with Gasteiger partial charge in [-0.15, -0.1) is 0 Å². The van der Waals surface area contributed by atoms with Gasteiger partial charge in [0, 0.05) is 0 Å². The van der Waals surface area contributed by atoms with Gasteiger partial charge in [0.2, 0.25) is 5.91 Å². The second-order valence-corrected chi connectivity index (χ2v) is 11.1. The fourth-order valence-electron chi connectivity index (χ4n) is 4.02. The fourth-order valence-corrected chi connectivity index (χ4v) is 5.66. The molecular weight excluding hydrogens is 525 g/mol. The van der Waals surface area contributed by atoms with Crippen LogP contribution in [0.1, 0.15) is 47.2 Å². The molecule has 0 saturated heterocycles. The smallest absolute Gasteiger partial charge is 0.348 e. The van der Waals surface area contributed by atoms with Crippen LogP contribution < -0.4 is 9.62 Å². The van der Waals surface area contributed by atoms with Gasteiger partial charge in [-0.05, 0) is 68.7 Å². The Kier molecular flexibility index (Phi) is 8.59. The highest BCUT2D eigenvalue weighted by atomic mass is 35.5. The standard InChI is InChI=1S/C27H28ClF3N2O3S/c1-5-25(22-12-8-18(3)14-19(22)4)32-26(34)16-33(37(35,36)21-10-6-17(2)7-11-21)20-9-13-24(28)23(15-20)27(29,30)31/h6-15,25H,5,16H2,1-4H3,(H,32,34). The molecule has 198 valence electrons. The lowest BCUT2D eigenvalue weighted by molar-refractivity contribution is -0.137. The van der Waals surface area contributed by atoms with Crippen LogP contribution in [-0.2, 0) is 21.0 Å². The van der Waals surface area contributed by atoms with Crippen LogP contribution in [0.2, 0.25) is 5.02 Å². The molecule has 1 N–H and O–H groups in total. The number of hydrogen-bond donors (Lipinski definition) is 1. The maximum Gasteiger partial charge on any atom is 0.417 e. The Labute approximate surface area is 220 Å². The van der Waals surface area contributed by atoms with E-state index in [0.29, 0.717) is 16.8 Å². The summed E-state index contributed by atoms with van der Waals surface area (Å²) in [4.78, 5) is 13.0. The third-order valence-electron chi connectivity index (χ3n) is 5.98. The zero-order valence-electron chi connectivity index (χ0n) is 20.9. The summed E-state index contributed by atoms with van der Waals surface area (Å²) in [6.07, 6.45) is -4.29. The summed E-state index contributed by atoms with van der Waals surface area (Å²) >= 11 is 5.75. The number of nitrogens with one attached hydrogen (secondary N) is 1. The normalized spacial score (nSPS) is 12.8. The monoisotopic (exact) mass is 552 g/mol. The Morgan fingerprint density at radius 3 is 2.16 bits per heavy atom. The molecule has 3 aromatic carbocycles. The number of sulfonamides is 1. The van der Waals surface area contributed by atoms with Gasteiger partial charge in [-0.25, -0.2) is 8.42 Å². The molecule has 1 unspecified atom stereocenters. The Balaban J connectivity index is 2.02. The maximum absolute atomic E-state index is 13.6. The van der Waals surface area contributed by atoms with Crippen LogP contribution in [0.3, 0.4) is 0 Å². The molecule has 0 radical (unpaired) electrons. The van der Waals surface area contributed by atoms with Gasteiger partial charge in [-0.3, -0.25) is 9.10 Å². The third-order valence-corrected chi connectivity index (χ3v) is 8.10. The van der Waals surface area contributed by atoms with E-state index >= 15 is 0 Å². The number of anilines is 1. The number of carbonyl (C=O) groups is 1. The zero-order valence-corrected chi connectivity index (χ0v) is 22.4. The molecule has 0 aliphatic carbocycles. The highest BCUT2D eigenvalue weighted by Gasteiger charge is 2.35. The topological polar surface area (TPSA) is 66.5 Å². The molecule has 0 saturated carbocycles. The lowest BCUT2D eigenvalue weighted by Gasteiger charge is -2.27. The van der Waals surface area contributed by atoms with Crippen molar-refractivity contribution < 1.29 is 26.4 Å². The highest BCUT2D eigenvalue weighted by molar-refractivity contribution is 7.92. The van der Waals surface area contributed by atoms with Crippen molar-refractivity contribution in [3.05, 3.63) is 93.5 Å². The quantitative estimate of drug-likeness (QED) is 0.336. The largest absolute Gasteiger partial charge is 0.417 e. The molecule has 5 nitrogen and oxygen atoms in total. The summed E-state index contributed by atoms with van der Waals surface area (Å²) in [5.74, 6) is -0.661. The van der Waals surface area contributed by atoms with Crippen LogP contribution in [0.25, 0.3) is 0 Å². The van der Waals surface area contributed by atoms with Gasteiger partial charge in [-0.1, -0.05) is 60.0 Å². The predicted octanol–water partition coefficient (Wildman–Crippen LogP) is 6.75. The molecule has 0 bridgehead atoms. The van der Waals surface area contributed by atoms with Crippen molar-refractivity contribution in [2.75, 3.05) is 10.8 Å². The number of hydrogen-bond acceptors (Lipinski definition) is 3. The first-order valence-corrected chi connectivity index (χ1v) is 13.4. The van der Waals surface area contributed by atoms with E-state index in [2.05, 4.69) is 5.32 Å². The van der Waals surface area contributed by atoms with Crippen molar-refractivity contribution in [1.82, 2.24) is 5.32 Å². The first kappa shape index (κ1) is 28.5. The van der Waals surface area contributed by atoms with Crippen LogP contribution in [0.4, 0.5) is 18.9 Å². The van der Waals surface area contributed by atoms with E-state index in [4.69, 9.17) is 11.6 Å². The van der Waals surface area contributed by atoms with E-state index in [1.54, 1.807) is 19.1 Å². The molecule has 0 spiro atoms. The van der Waals surface area contributed by atoms with Crippen molar-refractivity contribution in [2.24, 2.45) is 0 Å². The van der Waals surface area contributed by atoms with Gasteiger partial charge in [0.1, 0.15) is 6.54 Å². The minimum Gasteiger partial charge on any atom is -0.348 e. The molecular formula is C27H28ClF3N2O3S. The Morgan fingerprint density at radius 2 is 1.59 bits per heavy atom. The first-order valence-electron chi connectivity index (χ1n) is 11.6. The lowest BCUT2D eigenvalue weighted by Crippen LogP contribution is -2.42. The average molecular weight is 553 g/mol. The molecule has 10 heteroatoms. The number of alkyl halides is 3. The number of carbonyl (C=O) groups excluding carboxylic acids is 1. The summed E-state index contributed by atoms with van der Waals surface area (Å²) in [6.45, 7) is 6.79. The number of nitrogens with zero attached hydrogens (tertiary/aromatic N) is 1.